The van der Waals surface area contributed by atoms with Crippen molar-refractivity contribution in [1.29, 1.82) is 0 Å². The molecule has 0 aromatic heterocycles. The maximum absolute atomic E-state index is 6.02. The zero-order valence-corrected chi connectivity index (χ0v) is 14.7. The molecule has 4 heteroatoms. The Labute approximate surface area is 156 Å². The lowest BCUT2D eigenvalue weighted by molar-refractivity contribution is 1.30. The first-order valence-corrected chi connectivity index (χ1v) is 8.58. The van der Waals surface area contributed by atoms with Crippen molar-refractivity contribution in [2.45, 2.75) is 0 Å². The van der Waals surface area contributed by atoms with Gasteiger partial charge < -0.3 is 0 Å². The van der Waals surface area contributed by atoms with Gasteiger partial charge in [-0.15, -0.1) is 0 Å². The van der Waals surface area contributed by atoms with E-state index in [1.54, 1.807) is 0 Å². The summed E-state index contributed by atoms with van der Waals surface area (Å²) in [5.74, 6) is 0.704. The second-order valence-electron chi connectivity index (χ2n) is 5.62. The Morgan fingerprint density at radius 2 is 1.04 bits per heavy atom. The molecule has 25 heavy (non-hydrogen) atoms. The zero-order chi connectivity index (χ0) is 17.2. The summed E-state index contributed by atoms with van der Waals surface area (Å²) in [7, 11) is 0. The summed E-state index contributed by atoms with van der Waals surface area (Å²) in [6.45, 7) is 0. The highest BCUT2D eigenvalue weighted by molar-refractivity contribution is 6.31. The highest BCUT2D eigenvalue weighted by Gasteiger charge is 2.23. The minimum atomic E-state index is 0.694. The lowest BCUT2D eigenvalue weighted by atomic mass is 10.1. The highest BCUT2D eigenvalue weighted by Crippen LogP contribution is 2.33. The molecule has 0 saturated heterocycles. The van der Waals surface area contributed by atoms with Crippen LogP contribution in [0.4, 0.5) is 0 Å². The largest absolute Gasteiger partial charge is 0.226 e. The van der Waals surface area contributed by atoms with Crippen molar-refractivity contribution >= 4 is 40.4 Å². The lowest BCUT2D eigenvalue weighted by Crippen LogP contribution is -2.11. The summed E-state index contributed by atoms with van der Waals surface area (Å²) >= 11 is 12.0. The van der Waals surface area contributed by atoms with E-state index in [0.717, 1.165) is 28.1 Å². The molecule has 1 radical (unpaired) electrons. The molecule has 121 valence electrons. The molecule has 1 aliphatic heterocycles. The topological polar surface area (TPSA) is 26.5 Å². The van der Waals surface area contributed by atoms with Crippen molar-refractivity contribution in [2.75, 3.05) is 0 Å². The van der Waals surface area contributed by atoms with E-state index in [1.165, 1.54) is 0 Å². The van der Waals surface area contributed by atoms with Gasteiger partial charge in [0, 0.05) is 26.7 Å². The van der Waals surface area contributed by atoms with Crippen molar-refractivity contribution in [3.05, 3.63) is 106 Å². The van der Waals surface area contributed by atoms with Crippen LogP contribution in [0, 0.1) is 0 Å². The third-order valence-corrected chi connectivity index (χ3v) is 4.43. The normalized spacial score (nSPS) is 13.6. The molecule has 4 rings (SSSR count). The molecule has 0 saturated carbocycles. The number of hydrogen-bond donors (Lipinski definition) is 0. The first-order valence-electron chi connectivity index (χ1n) is 7.83. The number of hydrogen-bond acceptors (Lipinski definition) is 1. The number of amidine groups is 1. The summed E-state index contributed by atoms with van der Waals surface area (Å²) < 4.78 is 0. The average molecular weight is 364 g/mol. The van der Waals surface area contributed by atoms with E-state index < -0.39 is 0 Å². The van der Waals surface area contributed by atoms with Crippen molar-refractivity contribution in [3.8, 4) is 0 Å². The number of rotatable bonds is 3. The molecule has 0 unspecified atom stereocenters. The molecule has 0 N–H and O–H groups in total. The first kappa shape index (κ1) is 15.9. The van der Waals surface area contributed by atoms with Gasteiger partial charge in [-0.25, -0.2) is 10.3 Å². The van der Waals surface area contributed by atoms with Gasteiger partial charge in [0.25, 0.3) is 0 Å². The van der Waals surface area contributed by atoms with Crippen LogP contribution in [0.3, 0.4) is 0 Å². The summed E-state index contributed by atoms with van der Waals surface area (Å²) in [4.78, 5) is 4.79. The number of aliphatic imine (C=N–C) groups is 1. The van der Waals surface area contributed by atoms with Gasteiger partial charge in [0.15, 0.2) is 5.84 Å². The smallest absolute Gasteiger partial charge is 0.160 e. The van der Waals surface area contributed by atoms with Gasteiger partial charge in [0.2, 0.25) is 0 Å². The number of nitrogens with zero attached hydrogens (tertiary/aromatic N) is 2. The Balaban J connectivity index is 1.81. The SMILES string of the molecule is Clc1ccc(C2=C(c3ccc(Cl)cc3)N=C(c3ccccc3)[N]2)cc1. The molecule has 2 nitrogen and oxygen atoms in total. The molecule has 1 heterocycles. The van der Waals surface area contributed by atoms with E-state index in [9.17, 15) is 0 Å². The molecule has 0 bridgehead atoms. The standard InChI is InChI=1S/C21H13Cl2N2/c22-17-10-6-14(7-11-17)19-20(15-8-12-18(23)13-9-15)25-21(24-19)16-4-2-1-3-5-16/h1-13H. The minimum absolute atomic E-state index is 0.694. The first-order chi connectivity index (χ1) is 12.2. The molecule has 0 atom stereocenters. The van der Waals surface area contributed by atoms with Crippen LogP contribution in [-0.4, -0.2) is 5.84 Å². The van der Waals surface area contributed by atoms with E-state index >= 15 is 0 Å². The quantitative estimate of drug-likeness (QED) is 0.555. The predicted molar refractivity (Wildman–Crippen MR) is 105 cm³/mol. The fraction of sp³-hybridized carbons (Fsp3) is 0. The van der Waals surface area contributed by atoms with Crippen LogP contribution >= 0.6 is 23.2 Å². The summed E-state index contributed by atoms with van der Waals surface area (Å²) in [5, 5.41) is 6.18. The minimum Gasteiger partial charge on any atom is -0.226 e. The molecular formula is C21H13Cl2N2. The zero-order valence-electron chi connectivity index (χ0n) is 13.2. The Morgan fingerprint density at radius 3 is 1.60 bits per heavy atom. The lowest BCUT2D eigenvalue weighted by Gasteiger charge is -2.06. The van der Waals surface area contributed by atoms with E-state index in [0.29, 0.717) is 15.9 Å². The summed E-state index contributed by atoms with van der Waals surface area (Å²) in [6.07, 6.45) is 0. The molecule has 0 amide bonds. The van der Waals surface area contributed by atoms with Gasteiger partial charge in [-0.05, 0) is 24.3 Å². The van der Waals surface area contributed by atoms with Crippen molar-refractivity contribution in [3.63, 3.8) is 0 Å². The van der Waals surface area contributed by atoms with Crippen LogP contribution in [0.2, 0.25) is 10.0 Å². The number of halogens is 2. The van der Waals surface area contributed by atoms with Crippen LogP contribution in [0.25, 0.3) is 11.4 Å². The van der Waals surface area contributed by atoms with Crippen LogP contribution in [0.1, 0.15) is 16.7 Å². The van der Waals surface area contributed by atoms with Gasteiger partial charge in [-0.1, -0.05) is 77.8 Å². The van der Waals surface area contributed by atoms with Gasteiger partial charge >= 0.3 is 0 Å². The van der Waals surface area contributed by atoms with Crippen LogP contribution in [0.15, 0.2) is 83.9 Å². The Bertz CT molecular complexity index is 957. The summed E-state index contributed by atoms with van der Waals surface area (Å²) in [6, 6.07) is 25.2. The van der Waals surface area contributed by atoms with Gasteiger partial charge in [0.05, 0.1) is 11.4 Å². The van der Waals surface area contributed by atoms with Crippen molar-refractivity contribution in [1.82, 2.24) is 5.32 Å². The summed E-state index contributed by atoms with van der Waals surface area (Å²) in [5.41, 5.74) is 4.60. The fourth-order valence-electron chi connectivity index (χ4n) is 2.68. The van der Waals surface area contributed by atoms with Gasteiger partial charge in [0.1, 0.15) is 0 Å². The van der Waals surface area contributed by atoms with Crippen molar-refractivity contribution < 1.29 is 0 Å². The second kappa shape index (κ2) is 6.75. The third-order valence-electron chi connectivity index (χ3n) is 3.93. The predicted octanol–water partition coefficient (Wildman–Crippen LogP) is 5.88. The monoisotopic (exact) mass is 363 g/mol. The molecule has 0 fully saturated rings. The molecule has 0 aliphatic carbocycles. The van der Waals surface area contributed by atoms with Crippen LogP contribution in [-0.2, 0) is 0 Å². The van der Waals surface area contributed by atoms with E-state index in [1.807, 2.05) is 78.9 Å². The number of benzene rings is 3. The highest BCUT2D eigenvalue weighted by atomic mass is 35.5. The van der Waals surface area contributed by atoms with E-state index in [4.69, 9.17) is 33.5 Å². The maximum Gasteiger partial charge on any atom is 0.160 e. The Kier molecular flexibility index (Phi) is 4.31. The van der Waals surface area contributed by atoms with Gasteiger partial charge in [-0.2, -0.15) is 0 Å². The average Bonchev–Trinajstić information content (AvgIpc) is 3.09. The third kappa shape index (κ3) is 3.32. The molecule has 3 aromatic carbocycles. The second-order valence-corrected chi connectivity index (χ2v) is 6.50. The van der Waals surface area contributed by atoms with Gasteiger partial charge in [-0.3, -0.25) is 0 Å². The van der Waals surface area contributed by atoms with E-state index in [-0.39, 0.29) is 0 Å². The molecule has 1 aliphatic rings. The van der Waals surface area contributed by atoms with Crippen LogP contribution < -0.4 is 5.32 Å². The fourth-order valence-corrected chi connectivity index (χ4v) is 2.93. The van der Waals surface area contributed by atoms with E-state index in [2.05, 4.69) is 0 Å². The van der Waals surface area contributed by atoms with Crippen LogP contribution in [0.5, 0.6) is 0 Å². The maximum atomic E-state index is 6.02. The molecule has 3 aromatic rings. The molecular weight excluding hydrogens is 351 g/mol. The Morgan fingerprint density at radius 1 is 0.520 bits per heavy atom. The molecule has 0 spiro atoms. The van der Waals surface area contributed by atoms with Crippen molar-refractivity contribution in [2.24, 2.45) is 4.99 Å². The Hall–Kier alpha value is -2.55.